The molecule has 2 heteroatoms. The fourth-order valence-electron chi connectivity index (χ4n) is 1.31. The lowest BCUT2D eigenvalue weighted by atomic mass is 10.0. The third kappa shape index (κ3) is 1.66. The van der Waals surface area contributed by atoms with Crippen LogP contribution in [0.15, 0.2) is 0 Å². The normalized spacial score (nSPS) is 35.3. The average molecular weight is 129 g/mol. The van der Waals surface area contributed by atoms with Gasteiger partial charge in [0.1, 0.15) is 0 Å². The summed E-state index contributed by atoms with van der Waals surface area (Å²) in [7, 11) is 1.99. The van der Waals surface area contributed by atoms with E-state index in [9.17, 15) is 0 Å². The molecule has 0 aliphatic carbocycles. The SMILES string of the molecule is CNCC1CCOC1C. The smallest absolute Gasteiger partial charge is 0.0588 e. The minimum absolute atomic E-state index is 0.470. The molecule has 0 aromatic rings. The fraction of sp³-hybridized carbons (Fsp3) is 1.00. The van der Waals surface area contributed by atoms with Crippen molar-refractivity contribution in [2.45, 2.75) is 19.4 Å². The van der Waals surface area contributed by atoms with Gasteiger partial charge in [-0.25, -0.2) is 0 Å². The first-order chi connectivity index (χ1) is 4.34. The highest BCUT2D eigenvalue weighted by atomic mass is 16.5. The number of hydrogen-bond donors (Lipinski definition) is 1. The molecule has 1 heterocycles. The van der Waals surface area contributed by atoms with Crippen LogP contribution in [0, 0.1) is 5.92 Å². The Hall–Kier alpha value is -0.0800. The van der Waals surface area contributed by atoms with Crippen molar-refractivity contribution in [3.63, 3.8) is 0 Å². The van der Waals surface area contributed by atoms with Crippen molar-refractivity contribution in [1.29, 1.82) is 0 Å². The molecule has 1 saturated heterocycles. The molecule has 1 rings (SSSR count). The van der Waals surface area contributed by atoms with E-state index in [0.717, 1.165) is 19.1 Å². The van der Waals surface area contributed by atoms with Crippen LogP contribution < -0.4 is 5.32 Å². The van der Waals surface area contributed by atoms with Crippen molar-refractivity contribution >= 4 is 0 Å². The van der Waals surface area contributed by atoms with Crippen LogP contribution in [0.4, 0.5) is 0 Å². The van der Waals surface area contributed by atoms with Gasteiger partial charge in [-0.1, -0.05) is 0 Å². The van der Waals surface area contributed by atoms with E-state index in [4.69, 9.17) is 4.74 Å². The number of hydrogen-bond acceptors (Lipinski definition) is 2. The zero-order chi connectivity index (χ0) is 6.69. The van der Waals surface area contributed by atoms with Gasteiger partial charge >= 0.3 is 0 Å². The second-order valence-electron chi connectivity index (χ2n) is 2.68. The van der Waals surface area contributed by atoms with E-state index in [-0.39, 0.29) is 0 Å². The molecule has 0 aromatic heterocycles. The van der Waals surface area contributed by atoms with E-state index in [1.54, 1.807) is 0 Å². The highest BCUT2D eigenvalue weighted by Gasteiger charge is 2.22. The van der Waals surface area contributed by atoms with Gasteiger partial charge in [-0.15, -0.1) is 0 Å². The number of nitrogens with one attached hydrogen (secondary N) is 1. The zero-order valence-corrected chi connectivity index (χ0v) is 6.18. The standard InChI is InChI=1S/C7H15NO/c1-6-7(5-8-2)3-4-9-6/h6-8H,3-5H2,1-2H3. The van der Waals surface area contributed by atoms with E-state index in [1.807, 2.05) is 7.05 Å². The molecular formula is C7H15NO. The minimum atomic E-state index is 0.470. The predicted molar refractivity (Wildman–Crippen MR) is 37.4 cm³/mol. The molecule has 9 heavy (non-hydrogen) atoms. The molecule has 2 nitrogen and oxygen atoms in total. The van der Waals surface area contributed by atoms with Gasteiger partial charge in [-0.3, -0.25) is 0 Å². The van der Waals surface area contributed by atoms with Gasteiger partial charge in [0.25, 0.3) is 0 Å². The van der Waals surface area contributed by atoms with Crippen molar-refractivity contribution in [2.75, 3.05) is 20.2 Å². The Morgan fingerprint density at radius 3 is 2.89 bits per heavy atom. The van der Waals surface area contributed by atoms with E-state index in [2.05, 4.69) is 12.2 Å². The van der Waals surface area contributed by atoms with Crippen molar-refractivity contribution < 1.29 is 4.74 Å². The number of rotatable bonds is 2. The van der Waals surface area contributed by atoms with Crippen LogP contribution in [0.3, 0.4) is 0 Å². The lowest BCUT2D eigenvalue weighted by Crippen LogP contribution is -2.23. The molecule has 0 aromatic carbocycles. The maximum Gasteiger partial charge on any atom is 0.0588 e. The summed E-state index contributed by atoms with van der Waals surface area (Å²) in [5.41, 5.74) is 0. The maximum absolute atomic E-state index is 5.38. The molecule has 0 amide bonds. The highest BCUT2D eigenvalue weighted by Crippen LogP contribution is 2.18. The van der Waals surface area contributed by atoms with Crippen molar-refractivity contribution in [3.05, 3.63) is 0 Å². The van der Waals surface area contributed by atoms with E-state index >= 15 is 0 Å². The van der Waals surface area contributed by atoms with Crippen LogP contribution in [-0.4, -0.2) is 26.3 Å². The quantitative estimate of drug-likeness (QED) is 0.590. The second-order valence-corrected chi connectivity index (χ2v) is 2.68. The van der Waals surface area contributed by atoms with Gasteiger partial charge in [0.15, 0.2) is 0 Å². The lowest BCUT2D eigenvalue weighted by molar-refractivity contribution is 0.106. The van der Waals surface area contributed by atoms with Gasteiger partial charge in [-0.2, -0.15) is 0 Å². The van der Waals surface area contributed by atoms with Crippen LogP contribution in [0.25, 0.3) is 0 Å². The molecule has 0 saturated carbocycles. The van der Waals surface area contributed by atoms with E-state index in [0.29, 0.717) is 6.10 Å². The van der Waals surface area contributed by atoms with Crippen LogP contribution in [-0.2, 0) is 4.74 Å². The Bertz CT molecular complexity index is 85.0. The first-order valence-electron chi connectivity index (χ1n) is 3.61. The second kappa shape index (κ2) is 3.18. The Balaban J connectivity index is 2.22. The van der Waals surface area contributed by atoms with E-state index < -0.39 is 0 Å². The summed E-state index contributed by atoms with van der Waals surface area (Å²) < 4.78 is 5.38. The monoisotopic (exact) mass is 129 g/mol. The van der Waals surface area contributed by atoms with Gasteiger partial charge in [0.05, 0.1) is 6.10 Å². The Kier molecular flexibility index (Phi) is 2.49. The summed E-state index contributed by atoms with van der Waals surface area (Å²) in [5, 5.41) is 3.16. The summed E-state index contributed by atoms with van der Waals surface area (Å²) >= 11 is 0. The van der Waals surface area contributed by atoms with Crippen LogP contribution in [0.2, 0.25) is 0 Å². The lowest BCUT2D eigenvalue weighted by Gasteiger charge is -2.11. The molecule has 54 valence electrons. The molecule has 0 spiro atoms. The molecular weight excluding hydrogens is 114 g/mol. The van der Waals surface area contributed by atoms with Crippen LogP contribution >= 0.6 is 0 Å². The molecule has 0 bridgehead atoms. The fourth-order valence-corrected chi connectivity index (χ4v) is 1.31. The third-order valence-electron chi connectivity index (χ3n) is 2.00. The van der Waals surface area contributed by atoms with Crippen molar-refractivity contribution in [2.24, 2.45) is 5.92 Å². The Morgan fingerprint density at radius 1 is 1.67 bits per heavy atom. The third-order valence-corrected chi connectivity index (χ3v) is 2.00. The zero-order valence-electron chi connectivity index (χ0n) is 6.18. The van der Waals surface area contributed by atoms with Gasteiger partial charge in [0.2, 0.25) is 0 Å². The van der Waals surface area contributed by atoms with Gasteiger partial charge < -0.3 is 10.1 Å². The maximum atomic E-state index is 5.38. The summed E-state index contributed by atoms with van der Waals surface area (Å²) in [5.74, 6) is 0.745. The number of ether oxygens (including phenoxy) is 1. The Morgan fingerprint density at radius 2 is 2.44 bits per heavy atom. The summed E-state index contributed by atoms with van der Waals surface area (Å²) in [6, 6.07) is 0. The molecule has 1 aliphatic rings. The van der Waals surface area contributed by atoms with Crippen LogP contribution in [0.1, 0.15) is 13.3 Å². The van der Waals surface area contributed by atoms with Gasteiger partial charge in [0, 0.05) is 13.2 Å². The van der Waals surface area contributed by atoms with Crippen molar-refractivity contribution in [1.82, 2.24) is 5.32 Å². The molecule has 1 fully saturated rings. The molecule has 1 N–H and O–H groups in total. The largest absolute Gasteiger partial charge is 0.378 e. The molecule has 1 aliphatic heterocycles. The van der Waals surface area contributed by atoms with Crippen molar-refractivity contribution in [3.8, 4) is 0 Å². The molecule has 0 radical (unpaired) electrons. The molecule has 2 atom stereocenters. The molecule has 2 unspecified atom stereocenters. The Labute approximate surface area is 56.6 Å². The van der Waals surface area contributed by atoms with Gasteiger partial charge in [-0.05, 0) is 26.3 Å². The predicted octanol–water partition coefficient (Wildman–Crippen LogP) is 0.631. The minimum Gasteiger partial charge on any atom is -0.378 e. The summed E-state index contributed by atoms with van der Waals surface area (Å²) in [4.78, 5) is 0. The average Bonchev–Trinajstić information content (AvgIpc) is 2.18. The first-order valence-corrected chi connectivity index (χ1v) is 3.61. The topological polar surface area (TPSA) is 21.3 Å². The summed E-state index contributed by atoms with van der Waals surface area (Å²) in [6.07, 6.45) is 1.69. The van der Waals surface area contributed by atoms with Crippen LogP contribution in [0.5, 0.6) is 0 Å². The first kappa shape index (κ1) is 7.03. The highest BCUT2D eigenvalue weighted by molar-refractivity contribution is 4.73. The van der Waals surface area contributed by atoms with E-state index in [1.165, 1.54) is 6.42 Å². The summed E-state index contributed by atoms with van der Waals surface area (Å²) in [6.45, 7) is 4.20.